The van der Waals surface area contributed by atoms with Crippen molar-refractivity contribution in [3.05, 3.63) is 72.3 Å². The first-order chi connectivity index (χ1) is 13.7. The minimum atomic E-state index is -0.185. The van der Waals surface area contributed by atoms with Crippen LogP contribution in [0.25, 0.3) is 10.8 Å². The van der Waals surface area contributed by atoms with E-state index in [1.807, 2.05) is 36.4 Å². The summed E-state index contributed by atoms with van der Waals surface area (Å²) in [4.78, 5) is 25.9. The van der Waals surface area contributed by atoms with Crippen LogP contribution in [0.4, 0.5) is 5.69 Å². The summed E-state index contributed by atoms with van der Waals surface area (Å²) in [6.45, 7) is 1.11. The number of nitrogens with zero attached hydrogens (tertiary/aromatic N) is 1. The van der Waals surface area contributed by atoms with Gasteiger partial charge in [0.15, 0.2) is 6.61 Å². The van der Waals surface area contributed by atoms with E-state index >= 15 is 0 Å². The number of hydrogen-bond donors (Lipinski definition) is 1. The fraction of sp³-hybridized carbons (Fsp3) is 0.217. The number of carbonyl (C=O) groups is 2. The topological polar surface area (TPSA) is 58.6 Å². The number of hydrogen-bond acceptors (Lipinski definition) is 3. The van der Waals surface area contributed by atoms with Crippen LogP contribution in [-0.4, -0.2) is 25.0 Å². The van der Waals surface area contributed by atoms with Crippen LogP contribution >= 0.6 is 0 Å². The molecule has 5 nitrogen and oxygen atoms in total. The Morgan fingerprint density at radius 2 is 1.86 bits per heavy atom. The number of rotatable bonds is 6. The molecule has 1 fully saturated rings. The van der Waals surface area contributed by atoms with Crippen molar-refractivity contribution in [2.24, 2.45) is 0 Å². The quantitative estimate of drug-likeness (QED) is 0.716. The van der Waals surface area contributed by atoms with Gasteiger partial charge in [0.2, 0.25) is 5.91 Å². The largest absolute Gasteiger partial charge is 0.484 e. The van der Waals surface area contributed by atoms with Crippen molar-refractivity contribution in [3.8, 4) is 5.75 Å². The molecular weight excluding hydrogens is 352 g/mol. The van der Waals surface area contributed by atoms with E-state index in [-0.39, 0.29) is 18.4 Å². The highest BCUT2D eigenvalue weighted by molar-refractivity contribution is 5.95. The Bertz CT molecular complexity index is 1010. The average molecular weight is 374 g/mol. The number of anilines is 1. The molecule has 0 saturated carbocycles. The van der Waals surface area contributed by atoms with Crippen LogP contribution in [0.2, 0.25) is 0 Å². The molecule has 2 amide bonds. The van der Waals surface area contributed by atoms with Gasteiger partial charge in [-0.15, -0.1) is 0 Å². The molecule has 0 atom stereocenters. The molecule has 4 rings (SSSR count). The van der Waals surface area contributed by atoms with E-state index in [0.29, 0.717) is 18.7 Å². The third-order valence-corrected chi connectivity index (χ3v) is 4.93. The molecule has 142 valence electrons. The summed E-state index contributed by atoms with van der Waals surface area (Å²) in [6, 6.07) is 21.5. The van der Waals surface area contributed by atoms with E-state index in [2.05, 4.69) is 23.5 Å². The van der Waals surface area contributed by atoms with Crippen LogP contribution in [0.15, 0.2) is 66.7 Å². The van der Waals surface area contributed by atoms with Crippen molar-refractivity contribution in [2.45, 2.75) is 19.4 Å². The van der Waals surface area contributed by atoms with Crippen molar-refractivity contribution in [1.82, 2.24) is 5.32 Å². The normalized spacial score (nSPS) is 13.7. The summed E-state index contributed by atoms with van der Waals surface area (Å²) < 4.78 is 5.63. The van der Waals surface area contributed by atoms with Gasteiger partial charge in [0.1, 0.15) is 5.75 Å². The Morgan fingerprint density at radius 3 is 2.71 bits per heavy atom. The van der Waals surface area contributed by atoms with Crippen molar-refractivity contribution in [3.63, 3.8) is 0 Å². The number of ether oxygens (including phenoxy) is 1. The lowest BCUT2D eigenvalue weighted by atomic mass is 10.0. The van der Waals surface area contributed by atoms with E-state index < -0.39 is 0 Å². The van der Waals surface area contributed by atoms with E-state index in [0.717, 1.165) is 35.0 Å². The highest BCUT2D eigenvalue weighted by Gasteiger charge is 2.21. The second-order valence-corrected chi connectivity index (χ2v) is 6.85. The maximum Gasteiger partial charge on any atom is 0.258 e. The Balaban J connectivity index is 1.34. The van der Waals surface area contributed by atoms with Crippen LogP contribution in [0.1, 0.15) is 18.4 Å². The van der Waals surface area contributed by atoms with Crippen LogP contribution in [0, 0.1) is 0 Å². The van der Waals surface area contributed by atoms with Gasteiger partial charge in [0.05, 0.1) is 0 Å². The van der Waals surface area contributed by atoms with Crippen molar-refractivity contribution < 1.29 is 14.3 Å². The minimum absolute atomic E-state index is 0.0673. The molecule has 1 heterocycles. The standard InChI is InChI=1S/C23H22N2O3/c26-22(24-15-18-8-3-7-17-6-1-2-11-21(17)18)16-28-20-10-4-9-19(14-20)25-13-5-12-23(25)27/h1-4,6-11,14H,5,12-13,15-16H2,(H,24,26). The molecule has 0 aromatic heterocycles. The first-order valence-electron chi connectivity index (χ1n) is 9.47. The number of carbonyl (C=O) groups excluding carboxylic acids is 2. The average Bonchev–Trinajstić information content (AvgIpc) is 3.17. The molecule has 28 heavy (non-hydrogen) atoms. The van der Waals surface area contributed by atoms with E-state index in [1.54, 1.807) is 17.0 Å². The van der Waals surface area contributed by atoms with Gasteiger partial charge in [-0.05, 0) is 34.9 Å². The van der Waals surface area contributed by atoms with Crippen molar-refractivity contribution in [1.29, 1.82) is 0 Å². The lowest BCUT2D eigenvalue weighted by Crippen LogP contribution is -2.28. The molecular formula is C23H22N2O3. The summed E-state index contributed by atoms with van der Waals surface area (Å²) >= 11 is 0. The van der Waals surface area contributed by atoms with Gasteiger partial charge in [-0.2, -0.15) is 0 Å². The summed E-state index contributed by atoms with van der Waals surface area (Å²) in [6.07, 6.45) is 1.46. The van der Waals surface area contributed by atoms with E-state index in [4.69, 9.17) is 4.74 Å². The predicted octanol–water partition coefficient (Wildman–Crippen LogP) is 3.66. The second-order valence-electron chi connectivity index (χ2n) is 6.85. The number of nitrogens with one attached hydrogen (secondary N) is 1. The summed E-state index contributed by atoms with van der Waals surface area (Å²) in [7, 11) is 0. The zero-order valence-electron chi connectivity index (χ0n) is 15.6. The maximum absolute atomic E-state index is 12.2. The molecule has 1 saturated heterocycles. The maximum atomic E-state index is 12.2. The fourth-order valence-corrected chi connectivity index (χ4v) is 3.50. The van der Waals surface area contributed by atoms with E-state index in [9.17, 15) is 9.59 Å². The Kier molecular flexibility index (Phi) is 5.24. The molecule has 5 heteroatoms. The summed E-state index contributed by atoms with van der Waals surface area (Å²) in [5.74, 6) is 0.526. The first-order valence-corrected chi connectivity index (χ1v) is 9.47. The smallest absolute Gasteiger partial charge is 0.258 e. The van der Waals surface area contributed by atoms with E-state index in [1.165, 1.54) is 0 Å². The number of fused-ring (bicyclic) bond motifs is 1. The lowest BCUT2D eigenvalue weighted by molar-refractivity contribution is -0.123. The summed E-state index contributed by atoms with van der Waals surface area (Å²) in [5, 5.41) is 5.19. The lowest BCUT2D eigenvalue weighted by Gasteiger charge is -2.16. The molecule has 0 spiro atoms. The summed E-state index contributed by atoms with van der Waals surface area (Å²) in [5.41, 5.74) is 1.89. The molecule has 3 aromatic rings. The van der Waals surface area contributed by atoms with Gasteiger partial charge < -0.3 is 15.0 Å². The van der Waals surface area contributed by atoms with Crippen molar-refractivity contribution >= 4 is 28.3 Å². The predicted molar refractivity (Wildman–Crippen MR) is 109 cm³/mol. The second kappa shape index (κ2) is 8.13. The van der Waals surface area contributed by atoms with Crippen LogP contribution < -0.4 is 15.0 Å². The Hall–Kier alpha value is -3.34. The number of benzene rings is 3. The fourth-order valence-electron chi connectivity index (χ4n) is 3.50. The third-order valence-electron chi connectivity index (χ3n) is 4.93. The van der Waals surface area contributed by atoms with Crippen LogP contribution in [0.5, 0.6) is 5.75 Å². The molecule has 3 aromatic carbocycles. The SMILES string of the molecule is O=C(COc1cccc(N2CCCC2=O)c1)NCc1cccc2ccccc12. The first kappa shape index (κ1) is 18.0. The molecule has 1 aliphatic heterocycles. The molecule has 0 aliphatic carbocycles. The highest BCUT2D eigenvalue weighted by Crippen LogP contribution is 2.25. The molecule has 1 N–H and O–H groups in total. The third kappa shape index (κ3) is 3.98. The van der Waals surface area contributed by atoms with Gasteiger partial charge >= 0.3 is 0 Å². The zero-order valence-corrected chi connectivity index (χ0v) is 15.6. The Labute approximate surface area is 163 Å². The minimum Gasteiger partial charge on any atom is -0.484 e. The van der Waals surface area contributed by atoms with Gasteiger partial charge in [0.25, 0.3) is 5.91 Å². The Morgan fingerprint density at radius 1 is 1.04 bits per heavy atom. The van der Waals surface area contributed by atoms with Crippen LogP contribution in [-0.2, 0) is 16.1 Å². The highest BCUT2D eigenvalue weighted by atomic mass is 16.5. The zero-order chi connectivity index (χ0) is 19.3. The van der Waals surface area contributed by atoms with Crippen molar-refractivity contribution in [2.75, 3.05) is 18.1 Å². The molecule has 0 unspecified atom stereocenters. The van der Waals surface area contributed by atoms with Gasteiger partial charge in [0, 0.05) is 31.3 Å². The molecule has 0 bridgehead atoms. The van der Waals surface area contributed by atoms with Gasteiger partial charge in [-0.25, -0.2) is 0 Å². The van der Waals surface area contributed by atoms with Gasteiger partial charge in [-0.3, -0.25) is 9.59 Å². The van der Waals surface area contributed by atoms with Gasteiger partial charge in [-0.1, -0.05) is 48.5 Å². The molecule has 0 radical (unpaired) electrons. The monoisotopic (exact) mass is 374 g/mol. The van der Waals surface area contributed by atoms with Crippen LogP contribution in [0.3, 0.4) is 0 Å². The molecule has 1 aliphatic rings. The number of amides is 2.